The van der Waals surface area contributed by atoms with E-state index in [0.29, 0.717) is 5.92 Å². The highest BCUT2D eigenvalue weighted by atomic mass is 14.7. The number of aromatic nitrogens is 1. The first-order chi connectivity index (χ1) is 13.2. The summed E-state index contributed by atoms with van der Waals surface area (Å²) >= 11 is 0. The zero-order valence-corrected chi connectivity index (χ0v) is 15.8. The predicted octanol–water partition coefficient (Wildman–Crippen LogP) is 6.88. The molecular formula is C26H23N. The summed E-state index contributed by atoms with van der Waals surface area (Å²) in [5, 5.41) is 0. The first-order valence-corrected chi connectivity index (χ1v) is 9.40. The molecule has 0 N–H and O–H groups in total. The van der Waals surface area contributed by atoms with Gasteiger partial charge in [0.25, 0.3) is 0 Å². The molecule has 4 aromatic rings. The van der Waals surface area contributed by atoms with Crippen molar-refractivity contribution in [2.45, 2.75) is 19.8 Å². The zero-order valence-electron chi connectivity index (χ0n) is 15.8. The molecule has 132 valence electrons. The van der Waals surface area contributed by atoms with Gasteiger partial charge in [0, 0.05) is 17.7 Å². The standard InChI is InChI=1S/C26H23N/c1-19-18-27-26(17-25(19)20(2)21-10-5-3-6-11-21)24-15-9-14-23(16-24)22-12-7-4-8-13-22/h3-18,20H,1-2H3. The van der Waals surface area contributed by atoms with Gasteiger partial charge >= 0.3 is 0 Å². The minimum Gasteiger partial charge on any atom is -0.256 e. The van der Waals surface area contributed by atoms with Crippen LogP contribution in [-0.4, -0.2) is 4.98 Å². The molecule has 0 saturated carbocycles. The summed E-state index contributed by atoms with van der Waals surface area (Å²) in [7, 11) is 0. The second kappa shape index (κ2) is 7.59. The monoisotopic (exact) mass is 349 g/mol. The van der Waals surface area contributed by atoms with Gasteiger partial charge in [-0.3, -0.25) is 4.98 Å². The molecule has 1 nitrogen and oxygen atoms in total. The van der Waals surface area contributed by atoms with Gasteiger partial charge in [-0.25, -0.2) is 0 Å². The van der Waals surface area contributed by atoms with E-state index in [1.165, 1.54) is 27.8 Å². The smallest absolute Gasteiger partial charge is 0.0705 e. The van der Waals surface area contributed by atoms with Crippen molar-refractivity contribution in [1.82, 2.24) is 4.98 Å². The molecule has 0 aliphatic rings. The van der Waals surface area contributed by atoms with Gasteiger partial charge in [0.05, 0.1) is 5.69 Å². The van der Waals surface area contributed by atoms with Gasteiger partial charge in [0.1, 0.15) is 0 Å². The fraction of sp³-hybridized carbons (Fsp3) is 0.115. The largest absolute Gasteiger partial charge is 0.256 e. The minimum absolute atomic E-state index is 0.338. The first kappa shape index (κ1) is 17.2. The molecule has 0 radical (unpaired) electrons. The molecule has 1 heteroatoms. The second-order valence-electron chi connectivity index (χ2n) is 7.01. The quantitative estimate of drug-likeness (QED) is 0.391. The maximum atomic E-state index is 4.72. The zero-order chi connectivity index (χ0) is 18.6. The van der Waals surface area contributed by atoms with E-state index >= 15 is 0 Å². The Morgan fingerprint density at radius 2 is 1.30 bits per heavy atom. The van der Waals surface area contributed by atoms with Crippen LogP contribution in [0.2, 0.25) is 0 Å². The van der Waals surface area contributed by atoms with Gasteiger partial charge in [0.15, 0.2) is 0 Å². The third-order valence-corrected chi connectivity index (χ3v) is 5.18. The van der Waals surface area contributed by atoms with Crippen LogP contribution in [0.4, 0.5) is 0 Å². The Hall–Kier alpha value is -3.19. The van der Waals surface area contributed by atoms with E-state index in [9.17, 15) is 0 Å². The van der Waals surface area contributed by atoms with Gasteiger partial charge in [-0.1, -0.05) is 85.8 Å². The first-order valence-electron chi connectivity index (χ1n) is 9.40. The third-order valence-electron chi connectivity index (χ3n) is 5.18. The van der Waals surface area contributed by atoms with Crippen molar-refractivity contribution in [2.24, 2.45) is 0 Å². The summed E-state index contributed by atoms with van der Waals surface area (Å²) in [6.07, 6.45) is 2.00. The Labute approximate surface area is 161 Å². The molecule has 0 aliphatic heterocycles. The van der Waals surface area contributed by atoms with Crippen molar-refractivity contribution >= 4 is 0 Å². The van der Waals surface area contributed by atoms with Crippen LogP contribution in [0.3, 0.4) is 0 Å². The fourth-order valence-electron chi connectivity index (χ4n) is 3.57. The van der Waals surface area contributed by atoms with E-state index < -0.39 is 0 Å². The van der Waals surface area contributed by atoms with Gasteiger partial charge in [-0.2, -0.15) is 0 Å². The lowest BCUT2D eigenvalue weighted by molar-refractivity contribution is 0.904. The van der Waals surface area contributed by atoms with E-state index in [4.69, 9.17) is 4.98 Å². The van der Waals surface area contributed by atoms with Crippen molar-refractivity contribution in [1.29, 1.82) is 0 Å². The summed E-state index contributed by atoms with van der Waals surface area (Å²) in [5.74, 6) is 0.338. The summed E-state index contributed by atoms with van der Waals surface area (Å²) in [5.41, 5.74) is 8.51. The number of benzene rings is 3. The molecule has 1 heterocycles. The fourth-order valence-corrected chi connectivity index (χ4v) is 3.57. The lowest BCUT2D eigenvalue weighted by atomic mass is 9.90. The molecule has 0 saturated heterocycles. The molecule has 0 bridgehead atoms. The van der Waals surface area contributed by atoms with Crippen LogP contribution in [0.25, 0.3) is 22.4 Å². The van der Waals surface area contributed by atoms with Gasteiger partial charge in [-0.05, 0) is 46.9 Å². The maximum Gasteiger partial charge on any atom is 0.0705 e. The topological polar surface area (TPSA) is 12.9 Å². The summed E-state index contributed by atoms with van der Waals surface area (Å²) in [6.45, 7) is 4.41. The van der Waals surface area contributed by atoms with Crippen LogP contribution < -0.4 is 0 Å². The Balaban J connectivity index is 1.73. The average molecular weight is 349 g/mol. The van der Waals surface area contributed by atoms with Crippen molar-refractivity contribution in [3.8, 4) is 22.4 Å². The van der Waals surface area contributed by atoms with E-state index in [-0.39, 0.29) is 0 Å². The molecule has 4 rings (SSSR count). The number of hydrogen-bond acceptors (Lipinski definition) is 1. The van der Waals surface area contributed by atoms with Crippen LogP contribution in [-0.2, 0) is 0 Å². The van der Waals surface area contributed by atoms with Crippen LogP contribution in [0.1, 0.15) is 29.5 Å². The minimum atomic E-state index is 0.338. The van der Waals surface area contributed by atoms with Crippen LogP contribution in [0.5, 0.6) is 0 Å². The Bertz CT molecular complexity index is 1040. The maximum absolute atomic E-state index is 4.72. The number of nitrogens with zero attached hydrogens (tertiary/aromatic N) is 1. The molecule has 0 aliphatic carbocycles. The predicted molar refractivity (Wildman–Crippen MR) is 114 cm³/mol. The van der Waals surface area contributed by atoms with Crippen LogP contribution >= 0.6 is 0 Å². The number of aryl methyl sites for hydroxylation is 1. The summed E-state index contributed by atoms with van der Waals surface area (Å²) in [6, 6.07) is 32.0. The van der Waals surface area contributed by atoms with E-state index in [1.807, 2.05) is 12.3 Å². The van der Waals surface area contributed by atoms with Gasteiger partial charge in [-0.15, -0.1) is 0 Å². The lowest BCUT2D eigenvalue weighted by Crippen LogP contribution is -2.00. The molecule has 0 amide bonds. The van der Waals surface area contributed by atoms with Crippen LogP contribution in [0.15, 0.2) is 97.2 Å². The number of pyridine rings is 1. The van der Waals surface area contributed by atoms with Crippen LogP contribution in [0, 0.1) is 6.92 Å². The third kappa shape index (κ3) is 3.68. The summed E-state index contributed by atoms with van der Waals surface area (Å²) in [4.78, 5) is 4.72. The van der Waals surface area contributed by atoms with E-state index in [0.717, 1.165) is 11.3 Å². The Kier molecular flexibility index (Phi) is 4.84. The van der Waals surface area contributed by atoms with Crippen molar-refractivity contribution in [3.05, 3.63) is 114 Å². The Morgan fingerprint density at radius 3 is 2.04 bits per heavy atom. The molecule has 27 heavy (non-hydrogen) atoms. The molecule has 1 unspecified atom stereocenters. The number of hydrogen-bond donors (Lipinski definition) is 0. The van der Waals surface area contributed by atoms with Gasteiger partial charge in [0.2, 0.25) is 0 Å². The normalized spacial score (nSPS) is 11.9. The highest BCUT2D eigenvalue weighted by molar-refractivity contribution is 5.71. The molecule has 0 spiro atoms. The number of rotatable bonds is 4. The molecule has 0 fully saturated rings. The molecule has 3 aromatic carbocycles. The molecule has 1 atom stereocenters. The Morgan fingerprint density at radius 1 is 0.667 bits per heavy atom. The lowest BCUT2D eigenvalue weighted by Gasteiger charge is -2.16. The van der Waals surface area contributed by atoms with E-state index in [2.05, 4.69) is 98.8 Å². The van der Waals surface area contributed by atoms with Crippen molar-refractivity contribution in [3.63, 3.8) is 0 Å². The van der Waals surface area contributed by atoms with Gasteiger partial charge < -0.3 is 0 Å². The van der Waals surface area contributed by atoms with E-state index in [1.54, 1.807) is 0 Å². The highest BCUT2D eigenvalue weighted by Crippen LogP contribution is 2.31. The molecule has 1 aromatic heterocycles. The second-order valence-corrected chi connectivity index (χ2v) is 7.01. The molecular weight excluding hydrogens is 326 g/mol. The SMILES string of the molecule is Cc1cnc(-c2cccc(-c3ccccc3)c2)cc1C(C)c1ccccc1. The van der Waals surface area contributed by atoms with Crippen molar-refractivity contribution < 1.29 is 0 Å². The van der Waals surface area contributed by atoms with Crippen molar-refractivity contribution in [2.75, 3.05) is 0 Å². The highest BCUT2D eigenvalue weighted by Gasteiger charge is 2.13. The average Bonchev–Trinajstić information content (AvgIpc) is 2.75. The summed E-state index contributed by atoms with van der Waals surface area (Å²) < 4.78 is 0.